The fourth-order valence-corrected chi connectivity index (χ4v) is 7.40. The van der Waals surface area contributed by atoms with Gasteiger partial charge in [-0.15, -0.1) is 0 Å². The average molecular weight is 701 g/mol. The Balaban J connectivity index is 1.45. The number of hydrogen-bond acceptors (Lipinski definition) is 15. The van der Waals surface area contributed by atoms with Gasteiger partial charge in [-0.25, -0.2) is 0 Å². The van der Waals surface area contributed by atoms with Gasteiger partial charge in [0.05, 0.1) is 11.8 Å². The summed E-state index contributed by atoms with van der Waals surface area (Å²) < 4.78 is 18.9. The summed E-state index contributed by atoms with van der Waals surface area (Å²) in [5, 5.41) is 130. The molecule has 15 nitrogen and oxygen atoms in total. The number of benzene rings is 5. The van der Waals surface area contributed by atoms with Gasteiger partial charge in [0.25, 0.3) is 0 Å². The topological polar surface area (TPSA) is 270 Å². The number of fused-ring (bicyclic) bond motifs is 8. The molecule has 15 heteroatoms. The first-order chi connectivity index (χ1) is 24.2. The summed E-state index contributed by atoms with van der Waals surface area (Å²) in [5.41, 5.74) is -0.640. The molecule has 0 amide bonds. The van der Waals surface area contributed by atoms with Crippen LogP contribution in [0.2, 0.25) is 0 Å². The molecule has 0 radical (unpaired) electrons. The van der Waals surface area contributed by atoms with Crippen molar-refractivity contribution in [3.05, 3.63) is 100 Å². The number of aromatic hydroxyl groups is 10. The molecule has 0 aromatic heterocycles. The number of phenolic OH excluding ortho intramolecular Hbond substituents is 10. The van der Waals surface area contributed by atoms with Gasteiger partial charge in [-0.1, -0.05) is 6.07 Å². The lowest BCUT2D eigenvalue weighted by Gasteiger charge is -2.51. The van der Waals surface area contributed by atoms with Crippen molar-refractivity contribution in [2.45, 2.75) is 35.9 Å². The molecule has 0 saturated heterocycles. The molecule has 5 aromatic rings. The van der Waals surface area contributed by atoms with Gasteiger partial charge in [0.15, 0.2) is 29.1 Å². The van der Waals surface area contributed by atoms with E-state index in [9.17, 15) is 61.3 Å². The second-order valence-corrected chi connectivity index (χ2v) is 12.6. The van der Waals surface area contributed by atoms with E-state index in [0.29, 0.717) is 0 Å². The monoisotopic (exact) mass is 700 g/mol. The Morgan fingerprint density at radius 2 is 1.02 bits per heavy atom. The van der Waals surface area contributed by atoms with Gasteiger partial charge in [0, 0.05) is 58.1 Å². The minimum absolute atomic E-state index is 0.0303. The smallest absolute Gasteiger partial charge is 0.305 e. The molecule has 0 aliphatic carbocycles. The molecule has 3 heterocycles. The van der Waals surface area contributed by atoms with Crippen LogP contribution in [-0.4, -0.2) is 73.5 Å². The lowest BCUT2D eigenvalue weighted by atomic mass is 9.72. The summed E-state index contributed by atoms with van der Waals surface area (Å²) in [6.07, 6.45) is -5.06. The molecule has 0 fully saturated rings. The van der Waals surface area contributed by atoms with Crippen LogP contribution in [0.1, 0.15) is 51.3 Å². The largest absolute Gasteiger partial charge is 0.508 e. The van der Waals surface area contributed by atoms with Gasteiger partial charge in [0.2, 0.25) is 0 Å². The molecule has 5 aromatic carbocycles. The van der Waals surface area contributed by atoms with E-state index in [-0.39, 0.29) is 50.6 Å². The van der Waals surface area contributed by atoms with Crippen LogP contribution in [0.3, 0.4) is 0 Å². The molecule has 51 heavy (non-hydrogen) atoms. The molecule has 8 rings (SSSR count). The van der Waals surface area contributed by atoms with E-state index in [4.69, 9.17) is 14.2 Å². The zero-order valence-electron chi connectivity index (χ0n) is 25.8. The maximum Gasteiger partial charge on any atom is 0.305 e. The number of phenols is 10. The van der Waals surface area contributed by atoms with E-state index in [2.05, 4.69) is 0 Å². The molecule has 6 atom stereocenters. The fourth-order valence-electron chi connectivity index (χ4n) is 7.40. The molecule has 0 saturated carbocycles. The minimum Gasteiger partial charge on any atom is -0.508 e. The third kappa shape index (κ3) is 4.45. The third-order valence-electron chi connectivity index (χ3n) is 9.60. The van der Waals surface area contributed by atoms with Crippen LogP contribution in [0.5, 0.6) is 74.7 Å². The van der Waals surface area contributed by atoms with Crippen molar-refractivity contribution in [1.29, 1.82) is 0 Å². The number of aliphatic hydroxyl groups excluding tert-OH is 2. The van der Waals surface area contributed by atoms with E-state index >= 15 is 0 Å². The second-order valence-electron chi connectivity index (χ2n) is 12.6. The van der Waals surface area contributed by atoms with Crippen LogP contribution in [0, 0.1) is 0 Å². The van der Waals surface area contributed by atoms with E-state index in [0.717, 1.165) is 54.6 Å². The molecule has 0 spiro atoms. The summed E-state index contributed by atoms with van der Waals surface area (Å²) in [5.74, 6) is -11.5. The van der Waals surface area contributed by atoms with Gasteiger partial charge < -0.3 is 75.5 Å². The summed E-state index contributed by atoms with van der Waals surface area (Å²) in [6, 6.07) is 12.1. The number of hydrogen-bond donors (Lipinski definition) is 12. The molecular weight excluding hydrogens is 672 g/mol. The van der Waals surface area contributed by atoms with E-state index < -0.39 is 93.4 Å². The Labute approximate surface area is 286 Å². The molecular formula is C36H28O15. The van der Waals surface area contributed by atoms with Crippen LogP contribution >= 0.6 is 0 Å². The Morgan fingerprint density at radius 3 is 1.65 bits per heavy atom. The summed E-state index contributed by atoms with van der Waals surface area (Å²) >= 11 is 0. The zero-order chi connectivity index (χ0) is 36.3. The van der Waals surface area contributed by atoms with E-state index in [1.165, 1.54) is 12.1 Å². The number of aliphatic hydroxyl groups is 2. The SMILES string of the molecule is Oc1cc(O)c([C@H]2c3c(O)cc4c(c3OC(c3ccc(O)c(O)c3)C2O)C2c3c(O)cc(O)cc3O[C@@](c3ccc(O)c(O)c3)(O4)[C@@H]2O)c(O)c1. The average Bonchev–Trinajstić information content (AvgIpc) is 3.04. The highest BCUT2D eigenvalue weighted by Crippen LogP contribution is 2.64. The van der Waals surface area contributed by atoms with Crippen molar-refractivity contribution in [1.82, 2.24) is 0 Å². The first kappa shape index (κ1) is 31.7. The minimum atomic E-state index is -2.25. The first-order valence-corrected chi connectivity index (χ1v) is 15.4. The summed E-state index contributed by atoms with van der Waals surface area (Å²) in [6.45, 7) is 0. The summed E-state index contributed by atoms with van der Waals surface area (Å²) in [7, 11) is 0. The van der Waals surface area contributed by atoms with Crippen molar-refractivity contribution in [3.8, 4) is 74.7 Å². The lowest BCUT2D eigenvalue weighted by molar-refractivity contribution is -0.219. The standard InChI is InChI=1S/C36H28O15/c37-14-7-20(43)26(21(44)8-14)30-28-23(46)11-25-29(34(28)49-33(32(30)47)12-1-3-16(39)18(41)5-12)31-27-22(45)9-15(38)10-24(27)50-36(51-25,35(31)48)13-2-4-17(40)19(42)6-13/h1-11,30-33,35,37-48H/t30-,31?,32?,33?,35+,36-/m0/s1. The van der Waals surface area contributed by atoms with Gasteiger partial charge in [-0.3, -0.25) is 0 Å². The predicted molar refractivity (Wildman–Crippen MR) is 171 cm³/mol. The molecule has 12 N–H and O–H groups in total. The normalized spacial score (nSPS) is 24.2. The van der Waals surface area contributed by atoms with Crippen LogP contribution in [-0.2, 0) is 5.79 Å². The van der Waals surface area contributed by atoms with Gasteiger partial charge in [-0.05, 0) is 35.9 Å². The van der Waals surface area contributed by atoms with Gasteiger partial charge in [0.1, 0.15) is 64.0 Å². The van der Waals surface area contributed by atoms with Crippen LogP contribution in [0.25, 0.3) is 0 Å². The maximum absolute atomic E-state index is 12.2. The van der Waals surface area contributed by atoms with Crippen LogP contribution in [0.15, 0.2) is 66.7 Å². The fraction of sp³-hybridized carbons (Fsp3) is 0.167. The molecule has 3 unspecified atom stereocenters. The Morgan fingerprint density at radius 1 is 0.471 bits per heavy atom. The Kier molecular flexibility index (Phi) is 6.65. The number of rotatable bonds is 3. The van der Waals surface area contributed by atoms with Crippen LogP contribution < -0.4 is 14.2 Å². The van der Waals surface area contributed by atoms with Crippen molar-refractivity contribution in [3.63, 3.8) is 0 Å². The highest BCUT2D eigenvalue weighted by Gasteiger charge is 2.60. The molecule has 262 valence electrons. The second kappa shape index (κ2) is 10.7. The highest BCUT2D eigenvalue weighted by molar-refractivity contribution is 5.71. The van der Waals surface area contributed by atoms with Crippen molar-refractivity contribution >= 4 is 0 Å². The van der Waals surface area contributed by atoms with Crippen molar-refractivity contribution in [2.75, 3.05) is 0 Å². The van der Waals surface area contributed by atoms with Crippen molar-refractivity contribution in [2.24, 2.45) is 0 Å². The van der Waals surface area contributed by atoms with Gasteiger partial charge >= 0.3 is 5.79 Å². The van der Waals surface area contributed by atoms with Gasteiger partial charge in [-0.2, -0.15) is 0 Å². The van der Waals surface area contributed by atoms with Crippen LogP contribution in [0.4, 0.5) is 0 Å². The maximum atomic E-state index is 12.2. The Hall–Kier alpha value is -6.58. The Bertz CT molecular complexity index is 2260. The predicted octanol–water partition coefficient (Wildman–Crippen LogP) is 3.50. The number of ether oxygens (including phenoxy) is 3. The summed E-state index contributed by atoms with van der Waals surface area (Å²) in [4.78, 5) is 0. The third-order valence-corrected chi connectivity index (χ3v) is 9.60. The van der Waals surface area contributed by atoms with E-state index in [1.54, 1.807) is 0 Å². The zero-order valence-corrected chi connectivity index (χ0v) is 25.8. The molecule has 3 aliphatic heterocycles. The molecule has 3 aliphatic rings. The van der Waals surface area contributed by atoms with Crippen molar-refractivity contribution < 1.29 is 75.5 Å². The molecule has 2 bridgehead atoms. The quantitative estimate of drug-likeness (QED) is 0.120. The highest BCUT2D eigenvalue weighted by atomic mass is 16.7. The van der Waals surface area contributed by atoms with E-state index in [1.807, 2.05) is 0 Å². The lowest BCUT2D eigenvalue weighted by Crippen LogP contribution is -2.57. The first-order valence-electron chi connectivity index (χ1n) is 15.4.